The maximum Gasteiger partial charge on any atom is 0.220 e. The van der Waals surface area contributed by atoms with Crippen molar-refractivity contribution < 1.29 is 19.4 Å². The van der Waals surface area contributed by atoms with E-state index < -0.39 is 6.10 Å². The van der Waals surface area contributed by atoms with Gasteiger partial charge in [0.05, 0.1) is 19.3 Å². The Labute approximate surface area is 131 Å². The summed E-state index contributed by atoms with van der Waals surface area (Å²) in [5.74, 6) is 1.15. The van der Waals surface area contributed by atoms with Gasteiger partial charge in [0.25, 0.3) is 0 Å². The molecule has 0 radical (unpaired) electrons. The smallest absolute Gasteiger partial charge is 0.220 e. The Kier molecular flexibility index (Phi) is 5.80. The highest BCUT2D eigenvalue weighted by atomic mass is 16.5. The van der Waals surface area contributed by atoms with E-state index in [2.05, 4.69) is 5.32 Å². The summed E-state index contributed by atoms with van der Waals surface area (Å²) in [7, 11) is 1.56. The molecule has 1 aromatic rings. The quantitative estimate of drug-likeness (QED) is 0.846. The highest BCUT2D eigenvalue weighted by Gasteiger charge is 2.24. The molecular weight excluding hydrogens is 282 g/mol. The van der Waals surface area contributed by atoms with Crippen LogP contribution in [-0.4, -0.2) is 31.3 Å². The van der Waals surface area contributed by atoms with Crippen molar-refractivity contribution in [1.82, 2.24) is 5.32 Å². The van der Waals surface area contributed by atoms with Crippen LogP contribution in [0.3, 0.4) is 0 Å². The predicted octanol–water partition coefficient (Wildman–Crippen LogP) is 2.35. The van der Waals surface area contributed by atoms with E-state index in [1.54, 1.807) is 7.11 Å². The van der Waals surface area contributed by atoms with Gasteiger partial charge in [-0.2, -0.15) is 0 Å². The molecular formula is C17H25NO4. The molecule has 0 saturated heterocycles. The van der Waals surface area contributed by atoms with E-state index in [0.717, 1.165) is 23.3 Å². The van der Waals surface area contributed by atoms with E-state index in [-0.39, 0.29) is 18.6 Å². The van der Waals surface area contributed by atoms with Gasteiger partial charge in [0.15, 0.2) is 0 Å². The molecule has 5 nitrogen and oxygen atoms in total. The molecule has 0 fully saturated rings. The molecule has 0 aliphatic carbocycles. The van der Waals surface area contributed by atoms with Crippen LogP contribution in [0, 0.1) is 5.92 Å². The van der Waals surface area contributed by atoms with Crippen LogP contribution in [-0.2, 0) is 9.53 Å². The molecule has 2 unspecified atom stereocenters. The third-order valence-electron chi connectivity index (χ3n) is 3.71. The van der Waals surface area contributed by atoms with Crippen LogP contribution in [0.15, 0.2) is 18.2 Å². The third-order valence-corrected chi connectivity index (χ3v) is 3.71. The summed E-state index contributed by atoms with van der Waals surface area (Å²) in [5.41, 5.74) is 1.70. The number of carbonyl (C=O) groups is 1. The zero-order valence-corrected chi connectivity index (χ0v) is 13.5. The molecule has 22 heavy (non-hydrogen) atoms. The van der Waals surface area contributed by atoms with Gasteiger partial charge in [-0.25, -0.2) is 0 Å². The van der Waals surface area contributed by atoms with Gasteiger partial charge in [-0.1, -0.05) is 19.9 Å². The maximum atomic E-state index is 12.0. The second kappa shape index (κ2) is 7.61. The van der Waals surface area contributed by atoms with Gasteiger partial charge in [0.1, 0.15) is 11.9 Å². The highest BCUT2D eigenvalue weighted by molar-refractivity contribution is 5.76. The number of nitrogens with one attached hydrogen (secondary N) is 1. The van der Waals surface area contributed by atoms with Crippen LogP contribution in [0.4, 0.5) is 0 Å². The Bertz CT molecular complexity index is 515. The van der Waals surface area contributed by atoms with Gasteiger partial charge >= 0.3 is 0 Å². The fraction of sp³-hybridized carbons (Fsp3) is 0.588. The molecule has 1 amide bonds. The third kappa shape index (κ3) is 4.21. The number of aliphatic hydroxyl groups is 1. The first-order valence-electron chi connectivity index (χ1n) is 7.74. The van der Waals surface area contributed by atoms with Crippen LogP contribution in [0.1, 0.15) is 50.0 Å². The zero-order valence-electron chi connectivity index (χ0n) is 13.5. The van der Waals surface area contributed by atoms with Crippen molar-refractivity contribution in [2.24, 2.45) is 5.92 Å². The topological polar surface area (TPSA) is 67.8 Å². The molecule has 0 spiro atoms. The summed E-state index contributed by atoms with van der Waals surface area (Å²) in [5, 5.41) is 13.1. The minimum absolute atomic E-state index is 0.0516. The minimum atomic E-state index is -0.677. The lowest BCUT2D eigenvalue weighted by molar-refractivity contribution is -0.122. The Morgan fingerprint density at radius 3 is 2.95 bits per heavy atom. The summed E-state index contributed by atoms with van der Waals surface area (Å²) < 4.78 is 10.6. The van der Waals surface area contributed by atoms with Crippen molar-refractivity contribution in [3.05, 3.63) is 29.3 Å². The largest absolute Gasteiger partial charge is 0.493 e. The van der Waals surface area contributed by atoms with Gasteiger partial charge in [-0.05, 0) is 23.6 Å². The van der Waals surface area contributed by atoms with Crippen LogP contribution in [0.25, 0.3) is 0 Å². The lowest BCUT2D eigenvalue weighted by Gasteiger charge is -2.28. The average molecular weight is 307 g/mol. The van der Waals surface area contributed by atoms with Crippen molar-refractivity contribution in [3.63, 3.8) is 0 Å². The predicted molar refractivity (Wildman–Crippen MR) is 83.7 cm³/mol. The van der Waals surface area contributed by atoms with Crippen molar-refractivity contribution >= 4 is 5.91 Å². The first-order valence-corrected chi connectivity index (χ1v) is 7.74. The molecule has 5 heteroatoms. The fourth-order valence-corrected chi connectivity index (χ4v) is 2.65. The summed E-state index contributed by atoms with van der Waals surface area (Å²) in [4.78, 5) is 12.0. The highest BCUT2D eigenvalue weighted by Crippen LogP contribution is 2.34. The first-order chi connectivity index (χ1) is 10.5. The number of ether oxygens (including phenoxy) is 2. The van der Waals surface area contributed by atoms with E-state index in [4.69, 9.17) is 9.47 Å². The number of hydrogen-bond donors (Lipinski definition) is 2. The molecule has 2 N–H and O–H groups in total. The number of carbonyl (C=O) groups excluding carboxylic acids is 1. The molecule has 0 aromatic heterocycles. The normalized spacial score (nSPS) is 18.5. The van der Waals surface area contributed by atoms with Gasteiger partial charge in [-0.15, -0.1) is 0 Å². The van der Waals surface area contributed by atoms with Crippen LogP contribution in [0.2, 0.25) is 0 Å². The van der Waals surface area contributed by atoms with Crippen LogP contribution >= 0.6 is 0 Å². The van der Waals surface area contributed by atoms with Gasteiger partial charge in [0.2, 0.25) is 5.91 Å². The van der Waals surface area contributed by atoms with Crippen LogP contribution in [0.5, 0.6) is 5.75 Å². The van der Waals surface area contributed by atoms with Crippen molar-refractivity contribution in [3.8, 4) is 5.75 Å². The van der Waals surface area contributed by atoms with Gasteiger partial charge < -0.3 is 19.9 Å². The second-order valence-corrected chi connectivity index (χ2v) is 6.12. The lowest BCUT2D eigenvalue weighted by atomic mass is 9.96. The Morgan fingerprint density at radius 1 is 1.50 bits per heavy atom. The Morgan fingerprint density at radius 2 is 2.27 bits per heavy atom. The van der Waals surface area contributed by atoms with Gasteiger partial charge in [0, 0.05) is 25.5 Å². The molecule has 122 valence electrons. The van der Waals surface area contributed by atoms with E-state index in [1.807, 2.05) is 32.0 Å². The average Bonchev–Trinajstić information content (AvgIpc) is 2.46. The maximum absolute atomic E-state index is 12.0. The van der Waals surface area contributed by atoms with E-state index >= 15 is 0 Å². The van der Waals surface area contributed by atoms with Gasteiger partial charge in [-0.3, -0.25) is 4.79 Å². The summed E-state index contributed by atoms with van der Waals surface area (Å²) in [6.45, 7) is 4.87. The van der Waals surface area contributed by atoms with Crippen LogP contribution < -0.4 is 10.1 Å². The summed E-state index contributed by atoms with van der Waals surface area (Å²) in [6, 6.07) is 5.52. The molecule has 1 heterocycles. The SMILES string of the molecule is COCC(O)c1ccc2c(c1)C(NC(=O)CC(C)C)CCO2. The molecule has 1 aliphatic heterocycles. The molecule has 2 atom stereocenters. The number of fused-ring (bicyclic) bond motifs is 1. The molecule has 0 bridgehead atoms. The van der Waals surface area contributed by atoms with E-state index in [1.165, 1.54) is 0 Å². The van der Waals surface area contributed by atoms with Crippen molar-refractivity contribution in [1.29, 1.82) is 0 Å². The van der Waals surface area contributed by atoms with E-state index in [9.17, 15) is 9.90 Å². The summed E-state index contributed by atoms with van der Waals surface area (Å²) >= 11 is 0. The standard InChI is InChI=1S/C17H25NO4/c1-11(2)8-17(20)18-14-6-7-22-16-5-4-12(9-13(14)16)15(19)10-21-3/h4-5,9,11,14-15,19H,6-8,10H2,1-3H3,(H,18,20). The number of methoxy groups -OCH3 is 1. The number of amides is 1. The summed E-state index contributed by atoms with van der Waals surface area (Å²) in [6.07, 6.45) is 0.573. The zero-order chi connectivity index (χ0) is 16.1. The Hall–Kier alpha value is -1.59. The van der Waals surface area contributed by atoms with E-state index in [0.29, 0.717) is 18.9 Å². The lowest BCUT2D eigenvalue weighted by Crippen LogP contribution is -2.32. The monoisotopic (exact) mass is 307 g/mol. The van der Waals surface area contributed by atoms with Crippen molar-refractivity contribution in [2.45, 2.75) is 38.8 Å². The number of aliphatic hydroxyl groups excluding tert-OH is 1. The van der Waals surface area contributed by atoms with Crippen molar-refractivity contribution in [2.75, 3.05) is 20.3 Å². The Balaban J connectivity index is 2.17. The first kappa shape index (κ1) is 16.8. The molecule has 1 aliphatic rings. The molecule has 1 aromatic carbocycles. The molecule has 2 rings (SSSR count). The molecule has 0 saturated carbocycles. The number of rotatable bonds is 6. The second-order valence-electron chi connectivity index (χ2n) is 6.12. The number of benzene rings is 1. The number of hydrogen-bond acceptors (Lipinski definition) is 4. The minimum Gasteiger partial charge on any atom is -0.493 e. The fourth-order valence-electron chi connectivity index (χ4n) is 2.65.